The first-order valence-electron chi connectivity index (χ1n) is 6.36. The third kappa shape index (κ3) is 2.95. The van der Waals surface area contributed by atoms with Crippen molar-refractivity contribution in [1.82, 2.24) is 0 Å². The van der Waals surface area contributed by atoms with E-state index in [0.29, 0.717) is 12.0 Å². The summed E-state index contributed by atoms with van der Waals surface area (Å²) in [6.45, 7) is 5.32. The van der Waals surface area contributed by atoms with Gasteiger partial charge in [-0.2, -0.15) is 0 Å². The van der Waals surface area contributed by atoms with Crippen LogP contribution in [0.4, 0.5) is 14.9 Å². The van der Waals surface area contributed by atoms with Gasteiger partial charge < -0.3 is 9.84 Å². The van der Waals surface area contributed by atoms with Gasteiger partial charge in [0, 0.05) is 6.54 Å². The summed E-state index contributed by atoms with van der Waals surface area (Å²) < 4.78 is 19.2. The number of carbonyl (C=O) groups is 2. The molecule has 0 bridgehead atoms. The lowest BCUT2D eigenvalue weighted by Crippen LogP contribution is -2.36. The van der Waals surface area contributed by atoms with E-state index in [0.717, 1.165) is 4.90 Å². The smallest absolute Gasteiger partial charge is 0.414 e. The van der Waals surface area contributed by atoms with Crippen molar-refractivity contribution in [3.05, 3.63) is 28.0 Å². The Bertz CT molecular complexity index is 624. The van der Waals surface area contributed by atoms with Crippen LogP contribution in [-0.4, -0.2) is 29.3 Å². The Balaban J connectivity index is 2.50. The molecule has 0 atom stereocenters. The fourth-order valence-electron chi connectivity index (χ4n) is 2.21. The minimum Gasteiger partial charge on any atom is -0.478 e. The fraction of sp³-hybridized carbons (Fsp3) is 0.429. The second-order valence-corrected chi connectivity index (χ2v) is 6.15. The first kappa shape index (κ1) is 15.6. The van der Waals surface area contributed by atoms with E-state index in [1.807, 2.05) is 0 Å². The molecule has 0 aromatic heterocycles. The summed E-state index contributed by atoms with van der Waals surface area (Å²) in [5.41, 5.74) is -0.780. The quantitative estimate of drug-likeness (QED) is 0.861. The molecule has 1 aromatic rings. The molecule has 1 heterocycles. The van der Waals surface area contributed by atoms with Crippen LogP contribution >= 0.6 is 11.6 Å². The normalized spacial score (nSPS) is 14.0. The first-order chi connectivity index (χ1) is 9.61. The molecule has 114 valence electrons. The number of halogens is 2. The van der Waals surface area contributed by atoms with Crippen LogP contribution in [0.15, 0.2) is 6.07 Å². The number of amides is 1. The summed E-state index contributed by atoms with van der Waals surface area (Å²) in [5.74, 6) is -2.51. The lowest BCUT2D eigenvalue weighted by Gasteiger charge is -2.25. The van der Waals surface area contributed by atoms with Gasteiger partial charge >= 0.3 is 12.1 Å². The zero-order valence-electron chi connectivity index (χ0n) is 11.9. The molecule has 2 rings (SSSR count). The van der Waals surface area contributed by atoms with E-state index in [4.69, 9.17) is 16.3 Å². The number of carbonyl (C=O) groups excluding carboxylic acids is 1. The summed E-state index contributed by atoms with van der Waals surface area (Å²) in [6, 6.07) is 1.35. The lowest BCUT2D eigenvalue weighted by molar-refractivity contribution is 0.0584. The molecule has 1 aliphatic rings. The molecule has 0 saturated heterocycles. The average Bonchev–Trinajstić information content (AvgIpc) is 2.70. The minimum absolute atomic E-state index is 0.0265. The molecule has 1 N–H and O–H groups in total. The molecular formula is C14H15ClFNO4. The summed E-state index contributed by atoms with van der Waals surface area (Å²) in [7, 11) is 0. The number of rotatable bonds is 1. The van der Waals surface area contributed by atoms with Gasteiger partial charge in [-0.1, -0.05) is 11.6 Å². The van der Waals surface area contributed by atoms with E-state index < -0.39 is 29.0 Å². The monoisotopic (exact) mass is 315 g/mol. The van der Waals surface area contributed by atoms with Gasteiger partial charge in [0.1, 0.15) is 11.2 Å². The summed E-state index contributed by atoms with van der Waals surface area (Å²) in [6.07, 6.45) is -0.306. The van der Waals surface area contributed by atoms with Crippen molar-refractivity contribution in [1.29, 1.82) is 0 Å². The standard InChI is InChI=1S/C14H15ClFNO4/c1-14(2,3)21-13(20)17-5-4-7-6-8(15)10(16)9(11(7)17)12(18)19/h6H,4-5H2,1-3H3,(H,18,19). The summed E-state index contributed by atoms with van der Waals surface area (Å²) >= 11 is 5.70. The Morgan fingerprint density at radius 3 is 2.57 bits per heavy atom. The molecule has 1 aliphatic heterocycles. The van der Waals surface area contributed by atoms with Crippen LogP contribution in [0.3, 0.4) is 0 Å². The topological polar surface area (TPSA) is 66.8 Å². The predicted molar refractivity (Wildman–Crippen MR) is 75.7 cm³/mol. The van der Waals surface area contributed by atoms with E-state index >= 15 is 0 Å². The van der Waals surface area contributed by atoms with Crippen molar-refractivity contribution in [2.45, 2.75) is 32.8 Å². The highest BCUT2D eigenvalue weighted by molar-refractivity contribution is 6.31. The second kappa shape index (κ2) is 5.18. The Morgan fingerprint density at radius 1 is 1.43 bits per heavy atom. The number of aromatic carboxylic acids is 1. The van der Waals surface area contributed by atoms with Gasteiger partial charge in [-0.3, -0.25) is 4.90 Å². The number of hydrogen-bond donors (Lipinski definition) is 1. The van der Waals surface area contributed by atoms with Gasteiger partial charge in [0.2, 0.25) is 0 Å². The lowest BCUT2D eigenvalue weighted by atomic mass is 10.1. The van der Waals surface area contributed by atoms with Crippen molar-refractivity contribution in [2.75, 3.05) is 11.4 Å². The molecule has 7 heteroatoms. The molecule has 0 fully saturated rings. The molecule has 0 unspecified atom stereocenters. The van der Waals surface area contributed by atoms with Gasteiger partial charge in [-0.05, 0) is 38.8 Å². The largest absolute Gasteiger partial charge is 0.478 e. The van der Waals surface area contributed by atoms with Crippen LogP contribution < -0.4 is 4.90 Å². The summed E-state index contributed by atoms with van der Waals surface area (Å²) in [5, 5.41) is 8.94. The van der Waals surface area contributed by atoms with Gasteiger partial charge in [-0.25, -0.2) is 14.0 Å². The number of benzene rings is 1. The molecule has 5 nitrogen and oxygen atoms in total. The van der Waals surface area contributed by atoms with E-state index in [2.05, 4.69) is 0 Å². The minimum atomic E-state index is -1.47. The molecule has 0 spiro atoms. The third-order valence-corrected chi connectivity index (χ3v) is 3.25. The molecule has 0 saturated carbocycles. The van der Waals surface area contributed by atoms with Crippen LogP contribution in [-0.2, 0) is 11.2 Å². The molecule has 0 radical (unpaired) electrons. The SMILES string of the molecule is CC(C)(C)OC(=O)N1CCc2cc(Cl)c(F)c(C(=O)O)c21. The van der Waals surface area contributed by atoms with Gasteiger partial charge in [0.15, 0.2) is 5.82 Å². The number of carboxylic acid groups (broad SMARTS) is 1. The first-order valence-corrected chi connectivity index (χ1v) is 6.74. The number of carboxylic acids is 1. The van der Waals surface area contributed by atoms with Crippen molar-refractivity contribution in [3.8, 4) is 0 Å². The third-order valence-electron chi connectivity index (χ3n) is 2.97. The van der Waals surface area contributed by atoms with E-state index in [1.165, 1.54) is 6.07 Å². The predicted octanol–water partition coefficient (Wildman–Crippen LogP) is 3.47. The number of anilines is 1. The number of nitrogens with zero attached hydrogens (tertiary/aromatic N) is 1. The van der Waals surface area contributed by atoms with Crippen molar-refractivity contribution >= 4 is 29.4 Å². The maximum absolute atomic E-state index is 14.0. The van der Waals surface area contributed by atoms with Crippen LogP contribution in [0, 0.1) is 5.82 Å². The number of ether oxygens (including phenoxy) is 1. The molecule has 1 amide bonds. The highest BCUT2D eigenvalue weighted by atomic mass is 35.5. The van der Waals surface area contributed by atoms with Gasteiger partial charge in [-0.15, -0.1) is 0 Å². The Labute approximate surface area is 126 Å². The molecule has 1 aromatic carbocycles. The highest BCUT2D eigenvalue weighted by Crippen LogP contribution is 2.37. The zero-order valence-corrected chi connectivity index (χ0v) is 12.6. The summed E-state index contributed by atoms with van der Waals surface area (Å²) in [4.78, 5) is 24.6. The van der Waals surface area contributed by atoms with Crippen molar-refractivity contribution < 1.29 is 23.8 Å². The van der Waals surface area contributed by atoms with Gasteiger partial charge in [0.25, 0.3) is 0 Å². The zero-order chi connectivity index (χ0) is 15.9. The Kier molecular flexibility index (Phi) is 3.84. The molecular weight excluding hydrogens is 301 g/mol. The van der Waals surface area contributed by atoms with Crippen molar-refractivity contribution in [2.24, 2.45) is 0 Å². The van der Waals surface area contributed by atoms with E-state index in [9.17, 15) is 19.1 Å². The van der Waals surface area contributed by atoms with E-state index in [-0.39, 0.29) is 17.3 Å². The Morgan fingerprint density at radius 2 is 2.05 bits per heavy atom. The highest BCUT2D eigenvalue weighted by Gasteiger charge is 2.35. The van der Waals surface area contributed by atoms with Crippen LogP contribution in [0.1, 0.15) is 36.7 Å². The van der Waals surface area contributed by atoms with Crippen molar-refractivity contribution in [3.63, 3.8) is 0 Å². The van der Waals surface area contributed by atoms with Crippen LogP contribution in [0.2, 0.25) is 5.02 Å². The van der Waals surface area contributed by atoms with Crippen LogP contribution in [0.5, 0.6) is 0 Å². The fourth-order valence-corrected chi connectivity index (χ4v) is 2.43. The number of hydrogen-bond acceptors (Lipinski definition) is 3. The maximum Gasteiger partial charge on any atom is 0.414 e. The molecule has 0 aliphatic carbocycles. The van der Waals surface area contributed by atoms with Crippen LogP contribution in [0.25, 0.3) is 0 Å². The molecule has 21 heavy (non-hydrogen) atoms. The Hall–Kier alpha value is -1.82. The average molecular weight is 316 g/mol. The van der Waals surface area contributed by atoms with Gasteiger partial charge in [0.05, 0.1) is 10.7 Å². The second-order valence-electron chi connectivity index (χ2n) is 5.74. The maximum atomic E-state index is 14.0. The number of fused-ring (bicyclic) bond motifs is 1. The van der Waals surface area contributed by atoms with E-state index in [1.54, 1.807) is 20.8 Å².